The van der Waals surface area contributed by atoms with E-state index in [1.54, 1.807) is 12.1 Å². The molecule has 0 saturated heterocycles. The number of halogens is 1. The van der Waals surface area contributed by atoms with E-state index >= 15 is 0 Å². The second-order valence-corrected chi connectivity index (χ2v) is 6.75. The Hall–Kier alpha value is -4.19. The monoisotopic (exact) mass is 427 g/mol. The van der Waals surface area contributed by atoms with Crippen molar-refractivity contribution >= 4 is 29.7 Å². The van der Waals surface area contributed by atoms with Crippen LogP contribution in [0.5, 0.6) is 0 Å². The number of carbonyl (C=O) groups is 1. The SMILES string of the molecule is C=N/C=C(\C=C(/C)F)c1ccc(N=C(c2ccccc2)c2ccccc2)c(C(=O)OC)n1. The number of hydrogen-bond acceptors (Lipinski definition) is 5. The number of methoxy groups -OCH3 is 1. The summed E-state index contributed by atoms with van der Waals surface area (Å²) >= 11 is 0. The first-order chi connectivity index (χ1) is 15.5. The fourth-order valence-electron chi connectivity index (χ4n) is 3.05. The van der Waals surface area contributed by atoms with Gasteiger partial charge in [-0.1, -0.05) is 60.7 Å². The van der Waals surface area contributed by atoms with Crippen LogP contribution in [-0.2, 0) is 4.74 Å². The second kappa shape index (κ2) is 10.7. The third-order valence-electron chi connectivity index (χ3n) is 4.46. The van der Waals surface area contributed by atoms with Crippen molar-refractivity contribution in [3.05, 3.63) is 113 Å². The summed E-state index contributed by atoms with van der Waals surface area (Å²) in [6.45, 7) is 4.72. The van der Waals surface area contributed by atoms with Gasteiger partial charge in [0.15, 0.2) is 5.69 Å². The first kappa shape index (κ1) is 22.5. The van der Waals surface area contributed by atoms with E-state index in [1.807, 2.05) is 60.7 Å². The molecule has 0 bridgehead atoms. The van der Waals surface area contributed by atoms with Crippen LogP contribution in [0.1, 0.15) is 34.2 Å². The number of aliphatic imine (C=N–C) groups is 2. The lowest BCUT2D eigenvalue weighted by Crippen LogP contribution is -2.08. The summed E-state index contributed by atoms with van der Waals surface area (Å²) in [4.78, 5) is 25.4. The topological polar surface area (TPSA) is 63.9 Å². The van der Waals surface area contributed by atoms with Gasteiger partial charge < -0.3 is 4.74 Å². The van der Waals surface area contributed by atoms with Crippen molar-refractivity contribution in [2.45, 2.75) is 6.92 Å². The highest BCUT2D eigenvalue weighted by Crippen LogP contribution is 2.26. The van der Waals surface area contributed by atoms with E-state index in [1.165, 1.54) is 26.3 Å². The maximum atomic E-state index is 13.5. The lowest BCUT2D eigenvalue weighted by molar-refractivity contribution is 0.0595. The van der Waals surface area contributed by atoms with E-state index in [0.29, 0.717) is 22.7 Å². The number of carbonyl (C=O) groups excluding carboxylic acids is 1. The predicted octanol–water partition coefficient (Wildman–Crippen LogP) is 5.95. The quantitative estimate of drug-likeness (QED) is 0.266. The number of aromatic nitrogens is 1. The highest BCUT2D eigenvalue weighted by atomic mass is 19.1. The minimum atomic E-state index is -0.655. The van der Waals surface area contributed by atoms with Crippen LogP contribution in [0.4, 0.5) is 10.1 Å². The van der Waals surface area contributed by atoms with Gasteiger partial charge in [-0.05, 0) is 31.9 Å². The van der Waals surface area contributed by atoms with Crippen molar-refractivity contribution < 1.29 is 13.9 Å². The van der Waals surface area contributed by atoms with E-state index in [4.69, 9.17) is 9.73 Å². The number of benzene rings is 2. The standard InChI is InChI=1S/C26H22FN3O2/c1-18(27)16-21(17-28-2)22-14-15-23(25(29-22)26(31)32-3)30-24(19-10-6-4-7-11-19)20-12-8-5-9-13-20/h4-17H,2H2,1,3H3/b18-16+,21-17+. The van der Waals surface area contributed by atoms with Crippen LogP contribution in [0.15, 0.2) is 101 Å². The molecule has 3 aromatic rings. The summed E-state index contributed by atoms with van der Waals surface area (Å²) in [5, 5.41) is 0. The van der Waals surface area contributed by atoms with E-state index in [9.17, 15) is 9.18 Å². The zero-order valence-corrected chi connectivity index (χ0v) is 17.8. The lowest BCUT2D eigenvalue weighted by atomic mass is 10.0. The molecule has 0 fully saturated rings. The lowest BCUT2D eigenvalue weighted by Gasteiger charge is -2.11. The van der Waals surface area contributed by atoms with Gasteiger partial charge in [-0.15, -0.1) is 0 Å². The molecule has 0 atom stereocenters. The summed E-state index contributed by atoms with van der Waals surface area (Å²) in [7, 11) is 1.27. The Morgan fingerprint density at radius 1 is 1.00 bits per heavy atom. The zero-order valence-electron chi connectivity index (χ0n) is 17.8. The molecule has 0 spiro atoms. The average molecular weight is 427 g/mol. The summed E-state index contributed by atoms with van der Waals surface area (Å²) in [6, 6.07) is 22.6. The summed E-state index contributed by atoms with van der Waals surface area (Å²) in [6.07, 6.45) is 2.63. The first-order valence-corrected chi connectivity index (χ1v) is 9.82. The van der Waals surface area contributed by atoms with E-state index < -0.39 is 11.8 Å². The van der Waals surface area contributed by atoms with Crippen LogP contribution in [0.3, 0.4) is 0 Å². The molecule has 6 heteroatoms. The van der Waals surface area contributed by atoms with Gasteiger partial charge in [0.2, 0.25) is 0 Å². The van der Waals surface area contributed by atoms with E-state index in [0.717, 1.165) is 11.1 Å². The molecule has 32 heavy (non-hydrogen) atoms. The smallest absolute Gasteiger partial charge is 0.358 e. The fraction of sp³-hybridized carbons (Fsp3) is 0.0769. The van der Waals surface area contributed by atoms with Gasteiger partial charge in [-0.25, -0.2) is 19.2 Å². The molecule has 2 aromatic carbocycles. The Kier molecular flexibility index (Phi) is 7.54. The van der Waals surface area contributed by atoms with Crippen LogP contribution in [0, 0.1) is 0 Å². The largest absolute Gasteiger partial charge is 0.464 e. The molecule has 1 heterocycles. The number of ether oxygens (including phenoxy) is 1. The maximum absolute atomic E-state index is 13.5. The van der Waals surface area contributed by atoms with Crippen LogP contribution in [-0.4, -0.2) is 30.5 Å². The molecule has 0 aliphatic rings. The van der Waals surface area contributed by atoms with Gasteiger partial charge in [0, 0.05) is 22.9 Å². The van der Waals surface area contributed by atoms with Crippen LogP contribution >= 0.6 is 0 Å². The highest BCUT2D eigenvalue weighted by molar-refractivity contribution is 6.14. The normalized spacial score (nSPS) is 11.6. The molecule has 0 amide bonds. The third-order valence-corrected chi connectivity index (χ3v) is 4.46. The van der Waals surface area contributed by atoms with Crippen LogP contribution in [0.25, 0.3) is 5.57 Å². The predicted molar refractivity (Wildman–Crippen MR) is 126 cm³/mol. The first-order valence-electron chi connectivity index (χ1n) is 9.82. The molecule has 0 radical (unpaired) electrons. The Morgan fingerprint density at radius 2 is 1.59 bits per heavy atom. The molecule has 0 N–H and O–H groups in total. The van der Waals surface area contributed by atoms with E-state index in [2.05, 4.69) is 16.7 Å². The van der Waals surface area contributed by atoms with Crippen molar-refractivity contribution in [1.29, 1.82) is 0 Å². The van der Waals surface area contributed by atoms with Gasteiger partial charge in [0.25, 0.3) is 0 Å². The van der Waals surface area contributed by atoms with Crippen molar-refractivity contribution in [2.75, 3.05) is 7.11 Å². The molecular weight excluding hydrogens is 405 g/mol. The van der Waals surface area contributed by atoms with Gasteiger partial charge >= 0.3 is 5.97 Å². The molecule has 0 aliphatic carbocycles. The summed E-state index contributed by atoms with van der Waals surface area (Å²) < 4.78 is 18.5. The number of hydrogen-bond donors (Lipinski definition) is 0. The zero-order chi connectivity index (χ0) is 22.9. The third kappa shape index (κ3) is 5.49. The molecule has 0 unspecified atom stereocenters. The van der Waals surface area contributed by atoms with Crippen molar-refractivity contribution in [1.82, 2.24) is 4.98 Å². The number of allylic oxidation sites excluding steroid dienone is 3. The average Bonchev–Trinajstić information content (AvgIpc) is 2.82. The van der Waals surface area contributed by atoms with Crippen molar-refractivity contribution in [3.8, 4) is 0 Å². The minimum absolute atomic E-state index is 0.00855. The number of rotatable bonds is 7. The number of pyridine rings is 1. The number of nitrogens with zero attached hydrogens (tertiary/aromatic N) is 3. The Labute approximate surface area is 186 Å². The molecule has 160 valence electrons. The molecule has 1 aromatic heterocycles. The highest BCUT2D eigenvalue weighted by Gasteiger charge is 2.18. The molecule has 5 nitrogen and oxygen atoms in total. The summed E-state index contributed by atoms with van der Waals surface area (Å²) in [5.74, 6) is -1.09. The minimum Gasteiger partial charge on any atom is -0.464 e. The van der Waals surface area contributed by atoms with Gasteiger partial charge in [-0.2, -0.15) is 0 Å². The molecule has 0 aliphatic heterocycles. The Balaban J connectivity index is 2.22. The van der Waals surface area contributed by atoms with Gasteiger partial charge in [0.1, 0.15) is 0 Å². The van der Waals surface area contributed by atoms with Gasteiger partial charge in [-0.3, -0.25) is 4.99 Å². The maximum Gasteiger partial charge on any atom is 0.358 e. The number of esters is 1. The van der Waals surface area contributed by atoms with E-state index in [-0.39, 0.29) is 5.69 Å². The van der Waals surface area contributed by atoms with Crippen molar-refractivity contribution in [3.63, 3.8) is 0 Å². The Morgan fingerprint density at radius 3 is 2.09 bits per heavy atom. The fourth-order valence-corrected chi connectivity index (χ4v) is 3.05. The molecule has 3 rings (SSSR count). The van der Waals surface area contributed by atoms with Crippen LogP contribution < -0.4 is 0 Å². The van der Waals surface area contributed by atoms with Crippen LogP contribution in [0.2, 0.25) is 0 Å². The second-order valence-electron chi connectivity index (χ2n) is 6.75. The molecular formula is C26H22FN3O2. The van der Waals surface area contributed by atoms with Gasteiger partial charge in [0.05, 0.1) is 30.0 Å². The molecule has 0 saturated carbocycles. The summed E-state index contributed by atoms with van der Waals surface area (Å²) in [5.41, 5.74) is 3.48. The van der Waals surface area contributed by atoms with Crippen molar-refractivity contribution in [2.24, 2.45) is 9.98 Å². The Bertz CT molecular complexity index is 1150.